The molecule has 0 unspecified atom stereocenters. The number of hydrogen-bond acceptors (Lipinski definition) is 6. The van der Waals surface area contributed by atoms with Gasteiger partial charge in [0.05, 0.1) is 0 Å². The van der Waals surface area contributed by atoms with Crippen LogP contribution in [0.2, 0.25) is 0 Å². The van der Waals surface area contributed by atoms with E-state index in [1.165, 1.54) is 16.2 Å². The molecule has 0 bridgehead atoms. The van der Waals surface area contributed by atoms with E-state index in [0.29, 0.717) is 9.87 Å². The Hall–Kier alpha value is -1.02. The van der Waals surface area contributed by atoms with E-state index in [1.807, 2.05) is 6.92 Å². The Morgan fingerprint density at radius 3 is 2.79 bits per heavy atom. The molecule has 0 saturated heterocycles. The Bertz CT molecular complexity index is 449. The summed E-state index contributed by atoms with van der Waals surface area (Å²) in [5.74, 6) is 1.01. The molecule has 0 amide bonds. The summed E-state index contributed by atoms with van der Waals surface area (Å²) in [4.78, 5) is 8.16. The summed E-state index contributed by atoms with van der Waals surface area (Å²) in [5, 5.41) is 4.64. The maximum absolute atomic E-state index is 5.44. The van der Waals surface area contributed by atoms with Gasteiger partial charge >= 0.3 is 0 Å². The zero-order valence-corrected chi connectivity index (χ0v) is 9.71. The van der Waals surface area contributed by atoms with Crippen molar-refractivity contribution < 1.29 is 0 Å². The Morgan fingerprint density at radius 1 is 1.50 bits per heavy atom. The SMILES string of the molecule is CCc1nsc(-n2nc(N)nc2Br)n1. The molecular formula is C6H7BrN6S. The zero-order valence-electron chi connectivity index (χ0n) is 7.31. The third-order valence-electron chi connectivity index (χ3n) is 1.54. The van der Waals surface area contributed by atoms with Crippen LogP contribution in [-0.2, 0) is 6.42 Å². The lowest BCUT2D eigenvalue weighted by Gasteiger charge is -1.91. The first-order chi connectivity index (χ1) is 6.70. The molecule has 8 heteroatoms. The van der Waals surface area contributed by atoms with Gasteiger partial charge in [0, 0.05) is 18.0 Å². The van der Waals surface area contributed by atoms with Gasteiger partial charge in [-0.2, -0.15) is 14.0 Å². The van der Waals surface area contributed by atoms with E-state index >= 15 is 0 Å². The molecule has 0 radical (unpaired) electrons. The van der Waals surface area contributed by atoms with Crippen molar-refractivity contribution in [1.29, 1.82) is 0 Å². The van der Waals surface area contributed by atoms with E-state index in [2.05, 4.69) is 35.4 Å². The third kappa shape index (κ3) is 1.62. The van der Waals surface area contributed by atoms with E-state index in [9.17, 15) is 0 Å². The summed E-state index contributed by atoms with van der Waals surface area (Å²) < 4.78 is 6.20. The fourth-order valence-electron chi connectivity index (χ4n) is 0.904. The molecule has 0 spiro atoms. The second kappa shape index (κ2) is 3.62. The van der Waals surface area contributed by atoms with Crippen molar-refractivity contribution in [2.45, 2.75) is 13.3 Å². The summed E-state index contributed by atoms with van der Waals surface area (Å²) in [6.07, 6.45) is 0.804. The first-order valence-corrected chi connectivity index (χ1v) is 5.48. The van der Waals surface area contributed by atoms with Gasteiger partial charge in [0.15, 0.2) is 0 Å². The molecule has 2 rings (SSSR count). The Balaban J connectivity index is 2.43. The summed E-state index contributed by atoms with van der Waals surface area (Å²) in [7, 11) is 0. The van der Waals surface area contributed by atoms with E-state index in [1.54, 1.807) is 0 Å². The largest absolute Gasteiger partial charge is 0.366 e. The van der Waals surface area contributed by atoms with Crippen molar-refractivity contribution in [1.82, 2.24) is 24.1 Å². The molecule has 0 aromatic carbocycles. The number of anilines is 1. The molecule has 0 atom stereocenters. The Labute approximate surface area is 92.5 Å². The topological polar surface area (TPSA) is 82.5 Å². The molecule has 14 heavy (non-hydrogen) atoms. The van der Waals surface area contributed by atoms with Gasteiger partial charge in [-0.15, -0.1) is 5.10 Å². The van der Waals surface area contributed by atoms with Crippen molar-refractivity contribution in [3.8, 4) is 5.13 Å². The standard InChI is InChI=1S/C6H7BrN6S/c1-2-3-9-6(14-12-3)13-4(7)10-5(8)11-13/h2H2,1H3,(H2,8,11). The van der Waals surface area contributed by atoms with E-state index in [0.717, 1.165) is 12.2 Å². The van der Waals surface area contributed by atoms with E-state index in [4.69, 9.17) is 5.73 Å². The van der Waals surface area contributed by atoms with Gasteiger partial charge in [0.1, 0.15) is 5.82 Å². The highest BCUT2D eigenvalue weighted by Crippen LogP contribution is 2.17. The molecule has 2 heterocycles. The smallest absolute Gasteiger partial charge is 0.241 e. The van der Waals surface area contributed by atoms with Crippen molar-refractivity contribution in [2.75, 3.05) is 5.73 Å². The minimum absolute atomic E-state index is 0.213. The van der Waals surface area contributed by atoms with Crippen LogP contribution in [0.3, 0.4) is 0 Å². The van der Waals surface area contributed by atoms with Crippen molar-refractivity contribution in [3.63, 3.8) is 0 Å². The molecule has 0 aliphatic rings. The highest BCUT2D eigenvalue weighted by molar-refractivity contribution is 9.10. The first kappa shape index (κ1) is 9.53. The summed E-state index contributed by atoms with van der Waals surface area (Å²) in [5.41, 5.74) is 5.44. The monoisotopic (exact) mass is 274 g/mol. The predicted octanol–water partition coefficient (Wildman–Crippen LogP) is 1.03. The average molecular weight is 275 g/mol. The molecule has 2 aromatic heterocycles. The van der Waals surface area contributed by atoms with Crippen LogP contribution in [-0.4, -0.2) is 24.1 Å². The minimum Gasteiger partial charge on any atom is -0.366 e. The van der Waals surface area contributed by atoms with Crippen LogP contribution in [0.4, 0.5) is 5.95 Å². The molecule has 0 aliphatic heterocycles. The maximum Gasteiger partial charge on any atom is 0.241 e. The number of aromatic nitrogens is 5. The minimum atomic E-state index is 0.213. The highest BCUT2D eigenvalue weighted by Gasteiger charge is 2.11. The zero-order chi connectivity index (χ0) is 10.1. The molecule has 0 aliphatic carbocycles. The third-order valence-corrected chi connectivity index (χ3v) is 2.78. The molecular weight excluding hydrogens is 268 g/mol. The Morgan fingerprint density at radius 2 is 2.29 bits per heavy atom. The van der Waals surface area contributed by atoms with Gasteiger partial charge in [-0.3, -0.25) is 0 Å². The fraction of sp³-hybridized carbons (Fsp3) is 0.333. The number of aryl methyl sites for hydroxylation is 1. The summed E-state index contributed by atoms with van der Waals surface area (Å²) in [6.45, 7) is 2.00. The summed E-state index contributed by atoms with van der Waals surface area (Å²) >= 11 is 4.50. The normalized spacial score (nSPS) is 10.7. The molecule has 0 fully saturated rings. The van der Waals surface area contributed by atoms with Gasteiger partial charge in [0.2, 0.25) is 15.8 Å². The first-order valence-electron chi connectivity index (χ1n) is 3.91. The molecule has 0 saturated carbocycles. The number of nitrogen functional groups attached to an aromatic ring is 1. The van der Waals surface area contributed by atoms with E-state index in [-0.39, 0.29) is 5.95 Å². The average Bonchev–Trinajstić information content (AvgIpc) is 2.71. The lowest BCUT2D eigenvalue weighted by Crippen LogP contribution is -1.97. The molecule has 74 valence electrons. The highest BCUT2D eigenvalue weighted by atomic mass is 79.9. The number of halogens is 1. The quantitative estimate of drug-likeness (QED) is 0.885. The van der Waals surface area contributed by atoms with E-state index < -0.39 is 0 Å². The van der Waals surface area contributed by atoms with Crippen LogP contribution < -0.4 is 5.73 Å². The molecule has 6 nitrogen and oxygen atoms in total. The van der Waals surface area contributed by atoms with Gasteiger partial charge in [0.25, 0.3) is 0 Å². The molecule has 2 aromatic rings. The molecule has 2 N–H and O–H groups in total. The second-order valence-corrected chi connectivity index (χ2v) is 3.94. The van der Waals surface area contributed by atoms with Crippen molar-refractivity contribution >= 4 is 33.4 Å². The van der Waals surface area contributed by atoms with Gasteiger partial charge in [-0.1, -0.05) is 6.92 Å². The van der Waals surface area contributed by atoms with Gasteiger partial charge in [-0.25, -0.2) is 4.98 Å². The second-order valence-electron chi connectivity index (χ2n) is 2.50. The van der Waals surface area contributed by atoms with Gasteiger partial charge < -0.3 is 5.73 Å². The van der Waals surface area contributed by atoms with Crippen molar-refractivity contribution in [3.05, 3.63) is 10.6 Å². The fourth-order valence-corrected chi connectivity index (χ4v) is 2.16. The van der Waals surface area contributed by atoms with Crippen LogP contribution in [0.5, 0.6) is 0 Å². The van der Waals surface area contributed by atoms with Crippen molar-refractivity contribution in [2.24, 2.45) is 0 Å². The maximum atomic E-state index is 5.44. The number of nitrogens with two attached hydrogens (primary N) is 1. The number of nitrogens with zero attached hydrogens (tertiary/aromatic N) is 5. The van der Waals surface area contributed by atoms with Crippen LogP contribution in [0, 0.1) is 0 Å². The Kier molecular flexibility index (Phi) is 2.46. The predicted molar refractivity (Wildman–Crippen MR) is 56.3 cm³/mol. The lowest BCUT2D eigenvalue weighted by atomic mass is 10.5. The van der Waals surface area contributed by atoms with Crippen LogP contribution >= 0.6 is 27.5 Å². The summed E-state index contributed by atoms with van der Waals surface area (Å²) in [6, 6.07) is 0. The van der Waals surface area contributed by atoms with Gasteiger partial charge in [-0.05, 0) is 15.9 Å². The van der Waals surface area contributed by atoms with Crippen LogP contribution in [0.1, 0.15) is 12.7 Å². The lowest BCUT2D eigenvalue weighted by molar-refractivity contribution is 0.837. The number of hydrogen-bond donors (Lipinski definition) is 1. The number of rotatable bonds is 2. The van der Waals surface area contributed by atoms with Crippen LogP contribution in [0.25, 0.3) is 5.13 Å². The van der Waals surface area contributed by atoms with Crippen LogP contribution in [0.15, 0.2) is 4.73 Å².